The zero-order valence-corrected chi connectivity index (χ0v) is 8.47. The van der Waals surface area contributed by atoms with Gasteiger partial charge in [-0.15, -0.1) is 0 Å². The zero-order valence-electron chi connectivity index (χ0n) is 8.47. The van der Waals surface area contributed by atoms with Crippen LogP contribution in [-0.2, 0) is 9.59 Å². The van der Waals surface area contributed by atoms with Gasteiger partial charge in [0.05, 0.1) is 5.54 Å². The third-order valence-corrected chi connectivity index (χ3v) is 3.49. The maximum Gasteiger partial charge on any atom is 0.152 e. The molecule has 1 aliphatic carbocycles. The number of carbonyl (C=O) groups is 2. The van der Waals surface area contributed by atoms with Crippen LogP contribution < -0.4 is 5.32 Å². The van der Waals surface area contributed by atoms with Gasteiger partial charge in [0.1, 0.15) is 5.78 Å². The SMILES string of the molecule is O=C1CCC2(CC1)NCCCCC2=O. The average molecular weight is 195 g/mol. The van der Waals surface area contributed by atoms with Gasteiger partial charge in [-0.3, -0.25) is 9.59 Å². The summed E-state index contributed by atoms with van der Waals surface area (Å²) in [6, 6.07) is 0. The summed E-state index contributed by atoms with van der Waals surface area (Å²) in [6.07, 6.45) is 5.40. The Kier molecular flexibility index (Phi) is 2.68. The van der Waals surface area contributed by atoms with Crippen molar-refractivity contribution < 1.29 is 9.59 Å². The Morgan fingerprint density at radius 2 is 1.71 bits per heavy atom. The largest absolute Gasteiger partial charge is 0.305 e. The van der Waals surface area contributed by atoms with Crippen molar-refractivity contribution in [2.75, 3.05) is 6.54 Å². The van der Waals surface area contributed by atoms with E-state index in [2.05, 4.69) is 5.32 Å². The maximum atomic E-state index is 11.9. The van der Waals surface area contributed by atoms with Gasteiger partial charge in [-0.2, -0.15) is 0 Å². The van der Waals surface area contributed by atoms with Gasteiger partial charge >= 0.3 is 0 Å². The highest BCUT2D eigenvalue weighted by atomic mass is 16.1. The average Bonchev–Trinajstić information content (AvgIpc) is 2.36. The quantitative estimate of drug-likeness (QED) is 0.632. The normalized spacial score (nSPS) is 27.7. The molecule has 0 aromatic rings. The Morgan fingerprint density at radius 1 is 1.00 bits per heavy atom. The summed E-state index contributed by atoms with van der Waals surface area (Å²) < 4.78 is 0. The summed E-state index contributed by atoms with van der Waals surface area (Å²) in [5, 5.41) is 3.37. The van der Waals surface area contributed by atoms with Gasteiger partial charge in [-0.25, -0.2) is 0 Å². The van der Waals surface area contributed by atoms with Crippen LogP contribution in [0.15, 0.2) is 0 Å². The molecule has 1 aliphatic heterocycles. The fraction of sp³-hybridized carbons (Fsp3) is 0.818. The van der Waals surface area contributed by atoms with E-state index in [9.17, 15) is 9.59 Å². The lowest BCUT2D eigenvalue weighted by molar-refractivity contribution is -0.129. The number of hydrogen-bond acceptors (Lipinski definition) is 3. The first-order valence-electron chi connectivity index (χ1n) is 5.53. The van der Waals surface area contributed by atoms with Crippen molar-refractivity contribution in [3.63, 3.8) is 0 Å². The molecule has 0 aromatic heterocycles. The Labute approximate surface area is 84.2 Å². The first-order valence-corrected chi connectivity index (χ1v) is 5.53. The molecule has 2 fully saturated rings. The maximum absolute atomic E-state index is 11.9. The van der Waals surface area contributed by atoms with Crippen molar-refractivity contribution in [3.8, 4) is 0 Å². The second-order valence-corrected chi connectivity index (χ2v) is 4.43. The number of ketones is 2. The molecule has 1 heterocycles. The molecule has 2 rings (SSSR count). The topological polar surface area (TPSA) is 46.2 Å². The minimum Gasteiger partial charge on any atom is -0.305 e. The predicted octanol–water partition coefficient (Wildman–Crippen LogP) is 1.21. The molecule has 1 saturated heterocycles. The van der Waals surface area contributed by atoms with Crippen molar-refractivity contribution in [1.82, 2.24) is 5.32 Å². The van der Waals surface area contributed by atoms with E-state index in [1.807, 2.05) is 0 Å². The van der Waals surface area contributed by atoms with Crippen molar-refractivity contribution in [2.45, 2.75) is 50.5 Å². The third kappa shape index (κ3) is 1.73. The van der Waals surface area contributed by atoms with E-state index in [0.717, 1.165) is 32.2 Å². The fourth-order valence-electron chi connectivity index (χ4n) is 2.49. The molecule has 3 heteroatoms. The van der Waals surface area contributed by atoms with Crippen LogP contribution in [0.3, 0.4) is 0 Å². The molecule has 0 unspecified atom stereocenters. The molecule has 0 atom stereocenters. The van der Waals surface area contributed by atoms with Crippen LogP contribution >= 0.6 is 0 Å². The number of hydrogen-bond donors (Lipinski definition) is 1. The van der Waals surface area contributed by atoms with Gasteiger partial charge in [0.2, 0.25) is 0 Å². The molecule has 3 nitrogen and oxygen atoms in total. The Bertz CT molecular complexity index is 250. The standard InChI is InChI=1S/C11H17NO2/c13-9-4-6-11(7-5-9)10(14)3-1-2-8-12-11/h12H,1-8H2. The summed E-state index contributed by atoms with van der Waals surface area (Å²) in [5.41, 5.74) is -0.329. The van der Waals surface area contributed by atoms with Crippen LogP contribution in [0.2, 0.25) is 0 Å². The molecular weight excluding hydrogens is 178 g/mol. The van der Waals surface area contributed by atoms with E-state index in [4.69, 9.17) is 0 Å². The molecule has 0 bridgehead atoms. The molecule has 78 valence electrons. The van der Waals surface area contributed by atoms with Crippen LogP contribution in [0.25, 0.3) is 0 Å². The van der Waals surface area contributed by atoms with E-state index in [1.54, 1.807) is 0 Å². The second kappa shape index (κ2) is 3.81. The van der Waals surface area contributed by atoms with Crippen molar-refractivity contribution in [2.24, 2.45) is 0 Å². The second-order valence-electron chi connectivity index (χ2n) is 4.43. The van der Waals surface area contributed by atoms with E-state index in [1.165, 1.54) is 0 Å². The van der Waals surface area contributed by atoms with Crippen LogP contribution in [0.4, 0.5) is 0 Å². The Hall–Kier alpha value is -0.700. The minimum atomic E-state index is -0.329. The first kappa shape index (κ1) is 9.84. The first-order chi connectivity index (χ1) is 6.73. The molecule has 1 saturated carbocycles. The van der Waals surface area contributed by atoms with Gasteiger partial charge in [0.15, 0.2) is 5.78 Å². The van der Waals surface area contributed by atoms with Crippen molar-refractivity contribution in [1.29, 1.82) is 0 Å². The van der Waals surface area contributed by atoms with Gasteiger partial charge < -0.3 is 5.32 Å². The highest BCUT2D eigenvalue weighted by molar-refractivity contribution is 5.91. The molecule has 1 spiro atoms. The van der Waals surface area contributed by atoms with Gasteiger partial charge in [-0.05, 0) is 32.2 Å². The number of Topliss-reactive ketones (excluding diaryl/α,β-unsaturated/α-hetero) is 2. The summed E-state index contributed by atoms with van der Waals surface area (Å²) in [6.45, 7) is 0.930. The van der Waals surface area contributed by atoms with Crippen LogP contribution in [-0.4, -0.2) is 23.7 Å². The number of carbonyl (C=O) groups excluding carboxylic acids is 2. The van der Waals surface area contributed by atoms with Gasteiger partial charge in [0.25, 0.3) is 0 Å². The summed E-state index contributed by atoms with van der Waals surface area (Å²) in [7, 11) is 0. The molecule has 1 N–H and O–H groups in total. The number of rotatable bonds is 0. The summed E-state index contributed by atoms with van der Waals surface area (Å²) in [5.74, 6) is 0.650. The number of nitrogens with one attached hydrogen (secondary N) is 1. The van der Waals surface area contributed by atoms with Crippen molar-refractivity contribution in [3.05, 3.63) is 0 Å². The van der Waals surface area contributed by atoms with Gasteiger partial charge in [-0.1, -0.05) is 0 Å². The minimum absolute atomic E-state index is 0.314. The lowest BCUT2D eigenvalue weighted by atomic mass is 9.77. The monoisotopic (exact) mass is 195 g/mol. The molecular formula is C11H17NO2. The molecule has 0 radical (unpaired) electrons. The third-order valence-electron chi connectivity index (χ3n) is 3.49. The van der Waals surface area contributed by atoms with Crippen LogP contribution in [0, 0.1) is 0 Å². The summed E-state index contributed by atoms with van der Waals surface area (Å²) >= 11 is 0. The smallest absolute Gasteiger partial charge is 0.152 e. The lowest BCUT2D eigenvalue weighted by Gasteiger charge is -2.35. The zero-order chi connectivity index (χ0) is 10.0. The fourth-order valence-corrected chi connectivity index (χ4v) is 2.49. The predicted molar refractivity (Wildman–Crippen MR) is 53.1 cm³/mol. The Morgan fingerprint density at radius 3 is 2.43 bits per heavy atom. The lowest BCUT2D eigenvalue weighted by Crippen LogP contribution is -2.53. The molecule has 14 heavy (non-hydrogen) atoms. The van der Waals surface area contributed by atoms with Crippen LogP contribution in [0.5, 0.6) is 0 Å². The van der Waals surface area contributed by atoms with E-state index >= 15 is 0 Å². The Balaban J connectivity index is 2.11. The van der Waals surface area contributed by atoms with E-state index in [-0.39, 0.29) is 5.54 Å². The molecule has 0 aromatic carbocycles. The van der Waals surface area contributed by atoms with E-state index in [0.29, 0.717) is 30.8 Å². The molecule has 0 amide bonds. The van der Waals surface area contributed by atoms with Crippen LogP contribution in [0.1, 0.15) is 44.9 Å². The highest BCUT2D eigenvalue weighted by Crippen LogP contribution is 2.30. The summed E-state index contributed by atoms with van der Waals surface area (Å²) in [4.78, 5) is 23.1. The molecule has 2 aliphatic rings. The highest BCUT2D eigenvalue weighted by Gasteiger charge is 2.40. The van der Waals surface area contributed by atoms with Gasteiger partial charge in [0, 0.05) is 19.3 Å². The van der Waals surface area contributed by atoms with E-state index < -0.39 is 0 Å². The van der Waals surface area contributed by atoms with Crippen molar-refractivity contribution >= 4 is 11.6 Å².